The number of carbonyl (C=O) groups excluding carboxylic acids is 1. The third-order valence-corrected chi connectivity index (χ3v) is 8.30. The Labute approximate surface area is 184 Å². The van der Waals surface area contributed by atoms with Gasteiger partial charge in [-0.1, -0.05) is 18.2 Å². The number of amides is 1. The molecule has 2 aromatic carbocycles. The Morgan fingerprint density at radius 3 is 2.48 bits per heavy atom. The fraction of sp³-hybridized carbons (Fsp3) is 0.458. The molecular formula is C24H30N2O4S. The van der Waals surface area contributed by atoms with E-state index >= 15 is 0 Å². The molecule has 0 saturated carbocycles. The molecule has 0 bridgehead atoms. The molecule has 0 aromatic heterocycles. The zero-order chi connectivity index (χ0) is 21.8. The van der Waals surface area contributed by atoms with E-state index in [0.29, 0.717) is 37.4 Å². The summed E-state index contributed by atoms with van der Waals surface area (Å²) in [6.07, 6.45) is 4.95. The van der Waals surface area contributed by atoms with Crippen LogP contribution in [0.4, 0.5) is 0 Å². The van der Waals surface area contributed by atoms with E-state index in [2.05, 4.69) is 5.32 Å². The Morgan fingerprint density at radius 1 is 1.06 bits per heavy atom. The molecule has 2 aromatic rings. The molecule has 1 fully saturated rings. The van der Waals surface area contributed by atoms with Crippen LogP contribution in [0.3, 0.4) is 0 Å². The van der Waals surface area contributed by atoms with Gasteiger partial charge in [-0.15, -0.1) is 0 Å². The average molecular weight is 443 g/mol. The molecule has 1 saturated heterocycles. The number of fused-ring (bicyclic) bond motifs is 1. The number of benzene rings is 2. The van der Waals surface area contributed by atoms with Crippen molar-refractivity contribution in [3.05, 3.63) is 59.2 Å². The maximum absolute atomic E-state index is 13.1. The predicted octanol–water partition coefficient (Wildman–Crippen LogP) is 2.94. The lowest BCUT2D eigenvalue weighted by Crippen LogP contribution is -2.43. The highest BCUT2D eigenvalue weighted by Crippen LogP contribution is 2.28. The molecule has 0 spiro atoms. The van der Waals surface area contributed by atoms with Gasteiger partial charge in [-0.2, -0.15) is 4.31 Å². The first-order chi connectivity index (χ1) is 15.0. The zero-order valence-electron chi connectivity index (χ0n) is 18.0. The summed E-state index contributed by atoms with van der Waals surface area (Å²) in [6.45, 7) is 1.34. The highest BCUT2D eigenvalue weighted by atomic mass is 32.2. The molecule has 1 N–H and O–H groups in total. The van der Waals surface area contributed by atoms with Gasteiger partial charge in [0.1, 0.15) is 5.75 Å². The zero-order valence-corrected chi connectivity index (χ0v) is 18.8. The van der Waals surface area contributed by atoms with Crippen molar-refractivity contribution in [2.75, 3.05) is 26.7 Å². The number of piperidine rings is 1. The number of hydrogen-bond donors (Lipinski definition) is 1. The van der Waals surface area contributed by atoms with Crippen molar-refractivity contribution < 1.29 is 17.9 Å². The minimum absolute atomic E-state index is 0.0168. The molecule has 1 amide bonds. The number of methoxy groups -OCH3 is 1. The third-order valence-electron chi connectivity index (χ3n) is 6.40. The number of rotatable bonds is 7. The third kappa shape index (κ3) is 4.93. The van der Waals surface area contributed by atoms with Crippen LogP contribution >= 0.6 is 0 Å². The highest BCUT2D eigenvalue weighted by molar-refractivity contribution is 7.89. The first-order valence-corrected chi connectivity index (χ1v) is 12.4. The molecule has 4 rings (SSSR count). The molecule has 1 heterocycles. The summed E-state index contributed by atoms with van der Waals surface area (Å²) < 4.78 is 32.8. The van der Waals surface area contributed by atoms with E-state index in [1.54, 1.807) is 13.2 Å². The number of hydrogen-bond acceptors (Lipinski definition) is 4. The van der Waals surface area contributed by atoms with Gasteiger partial charge >= 0.3 is 0 Å². The van der Waals surface area contributed by atoms with Crippen molar-refractivity contribution in [3.8, 4) is 5.75 Å². The quantitative estimate of drug-likeness (QED) is 0.715. The van der Waals surface area contributed by atoms with Crippen LogP contribution in [0.5, 0.6) is 5.75 Å². The Balaban J connectivity index is 1.27. The number of carbonyl (C=O) groups is 1. The van der Waals surface area contributed by atoms with Gasteiger partial charge in [-0.05, 0) is 79.5 Å². The maximum atomic E-state index is 13.1. The fourth-order valence-corrected chi connectivity index (χ4v) is 6.00. The normalized spacial score (nSPS) is 17.3. The first-order valence-electron chi connectivity index (χ1n) is 11.0. The van der Waals surface area contributed by atoms with Gasteiger partial charge in [0.05, 0.1) is 12.0 Å². The lowest BCUT2D eigenvalue weighted by atomic mass is 9.97. The van der Waals surface area contributed by atoms with Crippen LogP contribution in [0.15, 0.2) is 47.4 Å². The Kier molecular flexibility index (Phi) is 6.62. The summed E-state index contributed by atoms with van der Waals surface area (Å²) in [5.74, 6) is 0.694. The second-order valence-electron chi connectivity index (χ2n) is 8.35. The highest BCUT2D eigenvalue weighted by Gasteiger charge is 2.32. The molecule has 1 aliphatic carbocycles. The van der Waals surface area contributed by atoms with Crippen LogP contribution < -0.4 is 10.1 Å². The molecule has 2 aliphatic rings. The van der Waals surface area contributed by atoms with Crippen molar-refractivity contribution in [2.45, 2.75) is 43.4 Å². The van der Waals surface area contributed by atoms with E-state index in [1.165, 1.54) is 9.87 Å². The van der Waals surface area contributed by atoms with E-state index in [-0.39, 0.29) is 11.8 Å². The molecule has 0 unspecified atom stereocenters. The van der Waals surface area contributed by atoms with Crippen LogP contribution in [0.2, 0.25) is 0 Å². The number of nitrogens with zero attached hydrogens (tertiary/aromatic N) is 1. The first kappa shape index (κ1) is 21.8. The Bertz CT molecular complexity index is 1030. The number of aryl methyl sites for hydroxylation is 2. The van der Waals surface area contributed by atoms with Gasteiger partial charge in [0.15, 0.2) is 0 Å². The fourth-order valence-electron chi connectivity index (χ4n) is 4.48. The number of ether oxygens (including phenoxy) is 1. The second kappa shape index (κ2) is 9.40. The van der Waals surface area contributed by atoms with E-state index < -0.39 is 10.0 Å². The maximum Gasteiger partial charge on any atom is 0.243 e. The van der Waals surface area contributed by atoms with Gasteiger partial charge in [0.25, 0.3) is 0 Å². The predicted molar refractivity (Wildman–Crippen MR) is 120 cm³/mol. The molecule has 6 nitrogen and oxygen atoms in total. The molecule has 1 aliphatic heterocycles. The van der Waals surface area contributed by atoms with Gasteiger partial charge in [0, 0.05) is 25.6 Å². The van der Waals surface area contributed by atoms with Crippen molar-refractivity contribution in [3.63, 3.8) is 0 Å². The lowest BCUT2D eigenvalue weighted by Gasteiger charge is -2.30. The minimum atomic E-state index is -3.50. The smallest absolute Gasteiger partial charge is 0.243 e. The Morgan fingerprint density at radius 2 is 1.77 bits per heavy atom. The summed E-state index contributed by atoms with van der Waals surface area (Å²) >= 11 is 0. The average Bonchev–Trinajstić information content (AvgIpc) is 3.27. The van der Waals surface area contributed by atoms with Crippen LogP contribution in [-0.2, 0) is 34.1 Å². The molecule has 7 heteroatoms. The number of nitrogens with one attached hydrogen (secondary N) is 1. The summed E-state index contributed by atoms with van der Waals surface area (Å²) in [4.78, 5) is 12.9. The van der Waals surface area contributed by atoms with E-state index in [4.69, 9.17) is 4.74 Å². The molecule has 0 atom stereocenters. The summed E-state index contributed by atoms with van der Waals surface area (Å²) in [6, 6.07) is 13.3. The van der Waals surface area contributed by atoms with Crippen LogP contribution in [0.25, 0.3) is 0 Å². The SMILES string of the molecule is COc1ccc(CCNC(=O)C2CCN(S(=O)(=O)c3ccc4c(c3)CCC4)CC2)cc1. The van der Waals surface area contributed by atoms with Gasteiger partial charge in [0.2, 0.25) is 15.9 Å². The van der Waals surface area contributed by atoms with Crippen molar-refractivity contribution >= 4 is 15.9 Å². The molecule has 0 radical (unpaired) electrons. The van der Waals surface area contributed by atoms with Gasteiger partial charge < -0.3 is 10.1 Å². The minimum Gasteiger partial charge on any atom is -0.497 e. The Hall–Kier alpha value is -2.38. The van der Waals surface area contributed by atoms with Crippen LogP contribution in [0.1, 0.15) is 36.0 Å². The standard InChI is InChI=1S/C24H30N2O4S/c1-30-22-8-5-18(6-9-22)11-14-25-24(27)20-12-15-26(16-13-20)31(28,29)23-10-7-19-3-2-4-21(19)17-23/h5-10,17,20H,2-4,11-16H2,1H3,(H,25,27). The van der Waals surface area contributed by atoms with Crippen molar-refractivity contribution in [1.29, 1.82) is 0 Å². The summed E-state index contributed by atoms with van der Waals surface area (Å²) in [7, 11) is -1.86. The van der Waals surface area contributed by atoms with Crippen molar-refractivity contribution in [2.24, 2.45) is 5.92 Å². The summed E-state index contributed by atoms with van der Waals surface area (Å²) in [5.41, 5.74) is 3.56. The topological polar surface area (TPSA) is 75.7 Å². The molecule has 31 heavy (non-hydrogen) atoms. The number of sulfonamides is 1. The summed E-state index contributed by atoms with van der Waals surface area (Å²) in [5, 5.41) is 3.00. The monoisotopic (exact) mass is 442 g/mol. The van der Waals surface area contributed by atoms with E-state index in [0.717, 1.165) is 42.6 Å². The lowest BCUT2D eigenvalue weighted by molar-refractivity contribution is -0.126. The van der Waals surface area contributed by atoms with Gasteiger partial charge in [-0.3, -0.25) is 4.79 Å². The van der Waals surface area contributed by atoms with E-state index in [1.807, 2.05) is 36.4 Å². The largest absolute Gasteiger partial charge is 0.497 e. The van der Waals surface area contributed by atoms with Gasteiger partial charge in [-0.25, -0.2) is 8.42 Å². The van der Waals surface area contributed by atoms with Crippen molar-refractivity contribution in [1.82, 2.24) is 9.62 Å². The van der Waals surface area contributed by atoms with Crippen LogP contribution in [0, 0.1) is 5.92 Å². The van der Waals surface area contributed by atoms with Crippen LogP contribution in [-0.4, -0.2) is 45.4 Å². The second-order valence-corrected chi connectivity index (χ2v) is 10.3. The van der Waals surface area contributed by atoms with E-state index in [9.17, 15) is 13.2 Å². The molecule has 166 valence electrons. The molecular weight excluding hydrogens is 412 g/mol.